The second kappa shape index (κ2) is 9.24. The number of aliphatic hydroxyl groups excluding tert-OH is 1. The first-order valence-electron chi connectivity index (χ1n) is 12.4. The van der Waals surface area contributed by atoms with E-state index in [1.54, 1.807) is 17.1 Å². The third kappa shape index (κ3) is 3.62. The van der Waals surface area contributed by atoms with Crippen LogP contribution in [0.15, 0.2) is 54.6 Å². The average Bonchev–Trinajstić information content (AvgIpc) is 3.15. The number of rotatable bonds is 6. The van der Waals surface area contributed by atoms with E-state index >= 15 is 0 Å². The molecule has 8 heteroatoms. The van der Waals surface area contributed by atoms with Crippen molar-refractivity contribution in [2.24, 2.45) is 11.8 Å². The molecule has 0 radical (unpaired) electrons. The van der Waals surface area contributed by atoms with E-state index in [4.69, 9.17) is 9.47 Å². The highest BCUT2D eigenvalue weighted by atomic mass is 16.6. The van der Waals surface area contributed by atoms with E-state index in [1.807, 2.05) is 49.4 Å². The molecule has 8 nitrogen and oxygen atoms in total. The van der Waals surface area contributed by atoms with E-state index in [9.17, 15) is 19.5 Å². The van der Waals surface area contributed by atoms with Gasteiger partial charge in [0.1, 0.15) is 24.2 Å². The lowest BCUT2D eigenvalue weighted by Crippen LogP contribution is -2.57. The monoisotopic (exact) mass is 480 g/mol. The van der Waals surface area contributed by atoms with Gasteiger partial charge in [-0.25, -0.2) is 0 Å². The molecule has 1 N–H and O–H groups in total. The molecule has 2 amide bonds. The topological polar surface area (TPSA) is 96.4 Å². The minimum absolute atomic E-state index is 0.0376. The van der Waals surface area contributed by atoms with E-state index in [1.165, 1.54) is 4.90 Å². The van der Waals surface area contributed by atoms with Gasteiger partial charge in [0, 0.05) is 12.6 Å². The number of cyclic esters (lactones) is 1. The fourth-order valence-electron chi connectivity index (χ4n) is 6.26. The van der Waals surface area contributed by atoms with Crippen molar-refractivity contribution in [1.29, 1.82) is 0 Å². The summed E-state index contributed by atoms with van der Waals surface area (Å²) in [6, 6.07) is 7.38. The molecule has 7 atom stereocenters. The maximum Gasteiger partial charge on any atom is 0.313 e. The molecule has 35 heavy (non-hydrogen) atoms. The first-order valence-corrected chi connectivity index (χ1v) is 12.4. The highest BCUT2D eigenvalue weighted by Gasteiger charge is 2.72. The molecular formula is C27H32N2O6. The van der Waals surface area contributed by atoms with Crippen LogP contribution >= 0.6 is 0 Å². The lowest BCUT2D eigenvalue weighted by atomic mass is 9.78. The number of fused-ring (bicyclic) bond motifs is 2. The van der Waals surface area contributed by atoms with Crippen LogP contribution in [-0.4, -0.2) is 76.2 Å². The highest BCUT2D eigenvalue weighted by molar-refractivity contribution is 5.99. The number of amides is 2. The molecule has 0 aliphatic carbocycles. The van der Waals surface area contributed by atoms with Crippen molar-refractivity contribution in [2.45, 2.75) is 56.5 Å². The van der Waals surface area contributed by atoms with Crippen LogP contribution in [0.4, 0.5) is 0 Å². The van der Waals surface area contributed by atoms with Gasteiger partial charge in [-0.2, -0.15) is 0 Å². The van der Waals surface area contributed by atoms with Crippen LogP contribution in [0.25, 0.3) is 0 Å². The third-order valence-electron chi connectivity index (χ3n) is 7.81. The van der Waals surface area contributed by atoms with E-state index in [2.05, 4.69) is 6.92 Å². The maximum absolute atomic E-state index is 14.2. The third-order valence-corrected chi connectivity index (χ3v) is 7.81. The quantitative estimate of drug-likeness (QED) is 0.494. The van der Waals surface area contributed by atoms with E-state index < -0.39 is 41.6 Å². The van der Waals surface area contributed by atoms with Gasteiger partial charge in [0.2, 0.25) is 11.8 Å². The van der Waals surface area contributed by atoms with E-state index in [-0.39, 0.29) is 31.1 Å². The normalized spacial score (nSPS) is 33.5. The Kier molecular flexibility index (Phi) is 6.27. The summed E-state index contributed by atoms with van der Waals surface area (Å²) in [4.78, 5) is 44.7. The molecule has 2 saturated heterocycles. The Balaban J connectivity index is 1.66. The molecule has 4 aliphatic heterocycles. The van der Waals surface area contributed by atoms with E-state index in [0.717, 1.165) is 12.8 Å². The van der Waals surface area contributed by atoms with Gasteiger partial charge in [-0.1, -0.05) is 61.9 Å². The van der Waals surface area contributed by atoms with Gasteiger partial charge in [-0.05, 0) is 25.0 Å². The summed E-state index contributed by atoms with van der Waals surface area (Å²) in [6.07, 6.45) is 8.24. The molecule has 4 aliphatic rings. The van der Waals surface area contributed by atoms with Crippen LogP contribution in [0.2, 0.25) is 0 Å². The number of esters is 1. The first kappa shape index (κ1) is 23.8. The second-order valence-corrected chi connectivity index (χ2v) is 9.79. The van der Waals surface area contributed by atoms with Crippen molar-refractivity contribution >= 4 is 17.8 Å². The van der Waals surface area contributed by atoms with Crippen LogP contribution in [-0.2, 0) is 23.9 Å². The Morgan fingerprint density at radius 2 is 1.91 bits per heavy atom. The van der Waals surface area contributed by atoms with Gasteiger partial charge in [-0.3, -0.25) is 14.4 Å². The Morgan fingerprint density at radius 1 is 1.14 bits per heavy atom. The van der Waals surface area contributed by atoms with Gasteiger partial charge in [0.05, 0.1) is 24.7 Å². The number of ether oxygens (including phenoxy) is 2. The molecule has 0 aromatic heterocycles. The van der Waals surface area contributed by atoms with Gasteiger partial charge in [-0.15, -0.1) is 0 Å². The van der Waals surface area contributed by atoms with Gasteiger partial charge >= 0.3 is 5.97 Å². The van der Waals surface area contributed by atoms with E-state index in [0.29, 0.717) is 12.1 Å². The molecule has 186 valence electrons. The Morgan fingerprint density at radius 3 is 2.63 bits per heavy atom. The number of likely N-dealkylation sites (tertiary alicyclic amines) is 1. The van der Waals surface area contributed by atoms with Crippen LogP contribution in [0.1, 0.15) is 38.3 Å². The first-order chi connectivity index (χ1) is 16.9. The zero-order valence-corrected chi connectivity index (χ0v) is 20.1. The van der Waals surface area contributed by atoms with Crippen molar-refractivity contribution < 1.29 is 29.0 Å². The number of nitrogens with zero attached hydrogens (tertiary/aromatic N) is 2. The number of benzene rings is 1. The van der Waals surface area contributed by atoms with Crippen molar-refractivity contribution in [3.8, 4) is 0 Å². The zero-order valence-electron chi connectivity index (χ0n) is 20.1. The SMILES string of the molecule is CCCC(C)N1CC=C[C@]23O[C@@H]4C=CCOC(=O)[C@@H]4[C@H]2C(=O)N([C@H](CO)c2ccccc2)C3C1=O. The fraction of sp³-hybridized carbons (Fsp3) is 0.519. The van der Waals surface area contributed by atoms with Crippen molar-refractivity contribution in [3.05, 3.63) is 60.2 Å². The van der Waals surface area contributed by atoms with Gasteiger partial charge < -0.3 is 24.4 Å². The predicted molar refractivity (Wildman–Crippen MR) is 127 cm³/mol. The second-order valence-electron chi connectivity index (χ2n) is 9.79. The minimum atomic E-state index is -1.33. The Bertz CT molecular complexity index is 1060. The van der Waals surface area contributed by atoms with Crippen molar-refractivity contribution in [1.82, 2.24) is 9.80 Å². The van der Waals surface area contributed by atoms with Crippen LogP contribution in [0.3, 0.4) is 0 Å². The van der Waals surface area contributed by atoms with Crippen molar-refractivity contribution in [3.63, 3.8) is 0 Å². The summed E-state index contributed by atoms with van der Waals surface area (Å²) in [7, 11) is 0. The zero-order chi connectivity index (χ0) is 24.7. The van der Waals surface area contributed by atoms with Crippen LogP contribution in [0.5, 0.6) is 0 Å². The lowest BCUT2D eigenvalue weighted by Gasteiger charge is -2.40. The average molecular weight is 481 g/mol. The lowest BCUT2D eigenvalue weighted by molar-refractivity contribution is -0.155. The van der Waals surface area contributed by atoms with Crippen LogP contribution in [0, 0.1) is 11.8 Å². The molecule has 2 unspecified atom stereocenters. The molecule has 1 spiro atoms. The standard InChI is InChI=1S/C27H32N2O6/c1-3-9-17(2)28-14-8-13-27-22(21-20(35-27)12-7-15-34-26(21)33)24(31)29(23(27)25(28)32)19(16-30)18-10-5-4-6-11-18/h4-8,10-13,17,19-23,30H,3,9,14-16H2,1-2H3/t17?,19-,20-,21+,22+,23?,27+/m1/s1. The Hall–Kier alpha value is -2.97. The number of carbonyl (C=O) groups is 3. The maximum atomic E-state index is 14.2. The molecule has 0 saturated carbocycles. The number of carbonyl (C=O) groups excluding carboxylic acids is 3. The van der Waals surface area contributed by atoms with Gasteiger partial charge in [0.15, 0.2) is 0 Å². The molecule has 4 heterocycles. The molecule has 0 bridgehead atoms. The molecule has 5 rings (SSSR count). The molecule has 2 fully saturated rings. The molecular weight excluding hydrogens is 448 g/mol. The number of aliphatic hydroxyl groups is 1. The van der Waals surface area contributed by atoms with Gasteiger partial charge in [0.25, 0.3) is 0 Å². The van der Waals surface area contributed by atoms with Crippen molar-refractivity contribution in [2.75, 3.05) is 19.8 Å². The summed E-state index contributed by atoms with van der Waals surface area (Å²) in [5.74, 6) is -2.89. The molecule has 1 aromatic rings. The highest BCUT2D eigenvalue weighted by Crippen LogP contribution is 2.55. The predicted octanol–water partition coefficient (Wildman–Crippen LogP) is 2.00. The summed E-state index contributed by atoms with van der Waals surface area (Å²) >= 11 is 0. The summed E-state index contributed by atoms with van der Waals surface area (Å²) in [5.41, 5.74) is -0.611. The summed E-state index contributed by atoms with van der Waals surface area (Å²) < 4.78 is 11.9. The minimum Gasteiger partial charge on any atom is -0.461 e. The summed E-state index contributed by atoms with van der Waals surface area (Å²) in [5, 5.41) is 10.5. The summed E-state index contributed by atoms with van der Waals surface area (Å²) in [6.45, 7) is 4.22. The smallest absolute Gasteiger partial charge is 0.313 e. The number of hydrogen-bond acceptors (Lipinski definition) is 6. The Labute approximate surface area is 205 Å². The van der Waals surface area contributed by atoms with Crippen LogP contribution < -0.4 is 0 Å². The molecule has 1 aromatic carbocycles. The largest absolute Gasteiger partial charge is 0.461 e. The number of hydrogen-bond donors (Lipinski definition) is 1. The fourth-order valence-corrected chi connectivity index (χ4v) is 6.26.